The van der Waals surface area contributed by atoms with Gasteiger partial charge >= 0.3 is 0 Å². The van der Waals surface area contributed by atoms with Crippen molar-refractivity contribution in [3.63, 3.8) is 0 Å². The number of fused-ring (bicyclic) bond motifs is 1. The number of ether oxygens (including phenoxy) is 1. The lowest BCUT2D eigenvalue weighted by Gasteiger charge is -2.15. The molecular formula is C18H18N2O2S. The average molecular weight is 326 g/mol. The Bertz CT molecular complexity index is 857. The predicted molar refractivity (Wildman–Crippen MR) is 94.3 cm³/mol. The SMILES string of the molecule is Cc1ccccc1OC(C)C(=O)Nc1nc2c(C)cccc2s1. The maximum absolute atomic E-state index is 12.3. The van der Waals surface area contributed by atoms with Crippen LogP contribution in [0, 0.1) is 13.8 Å². The topological polar surface area (TPSA) is 51.2 Å². The summed E-state index contributed by atoms with van der Waals surface area (Å²) < 4.78 is 6.80. The van der Waals surface area contributed by atoms with Crippen LogP contribution in [0.1, 0.15) is 18.1 Å². The number of anilines is 1. The van der Waals surface area contributed by atoms with E-state index in [1.54, 1.807) is 6.92 Å². The molecule has 0 fully saturated rings. The molecule has 3 aromatic rings. The van der Waals surface area contributed by atoms with Gasteiger partial charge in [0.15, 0.2) is 11.2 Å². The smallest absolute Gasteiger partial charge is 0.266 e. The summed E-state index contributed by atoms with van der Waals surface area (Å²) in [5, 5.41) is 3.44. The van der Waals surface area contributed by atoms with Gasteiger partial charge in [0, 0.05) is 0 Å². The number of amides is 1. The number of rotatable bonds is 4. The zero-order chi connectivity index (χ0) is 16.4. The van der Waals surface area contributed by atoms with Crippen LogP contribution in [0.3, 0.4) is 0 Å². The molecule has 1 atom stereocenters. The lowest BCUT2D eigenvalue weighted by atomic mass is 10.2. The van der Waals surface area contributed by atoms with E-state index in [-0.39, 0.29) is 5.91 Å². The highest BCUT2D eigenvalue weighted by Crippen LogP contribution is 2.28. The molecule has 0 bridgehead atoms. The van der Waals surface area contributed by atoms with E-state index in [1.807, 2.05) is 56.3 Å². The Morgan fingerprint density at radius 3 is 2.61 bits per heavy atom. The third-order valence-corrected chi connectivity index (χ3v) is 4.55. The molecule has 0 aliphatic rings. The van der Waals surface area contributed by atoms with Crippen molar-refractivity contribution in [2.75, 3.05) is 5.32 Å². The van der Waals surface area contributed by atoms with Crippen LogP contribution in [0.2, 0.25) is 0 Å². The molecule has 118 valence electrons. The van der Waals surface area contributed by atoms with Crippen LogP contribution in [0.15, 0.2) is 42.5 Å². The summed E-state index contributed by atoms with van der Waals surface area (Å²) >= 11 is 1.47. The quantitative estimate of drug-likeness (QED) is 0.777. The minimum Gasteiger partial charge on any atom is -0.481 e. The summed E-state index contributed by atoms with van der Waals surface area (Å²) in [7, 11) is 0. The Kier molecular flexibility index (Phi) is 4.30. The minimum absolute atomic E-state index is 0.204. The Balaban J connectivity index is 1.72. The molecular weight excluding hydrogens is 308 g/mol. The standard InChI is InChI=1S/C18H18N2O2S/c1-11-7-4-5-9-14(11)22-13(3)17(21)20-18-19-16-12(2)8-6-10-15(16)23-18/h4-10,13H,1-3H3,(H,19,20,21). The molecule has 0 aliphatic heterocycles. The first-order chi connectivity index (χ1) is 11.0. The molecule has 23 heavy (non-hydrogen) atoms. The monoisotopic (exact) mass is 326 g/mol. The molecule has 0 spiro atoms. The normalized spacial score (nSPS) is 12.1. The van der Waals surface area contributed by atoms with Crippen molar-refractivity contribution in [1.82, 2.24) is 4.98 Å². The van der Waals surface area contributed by atoms with Gasteiger partial charge in [0.25, 0.3) is 5.91 Å². The van der Waals surface area contributed by atoms with Gasteiger partial charge in [0.2, 0.25) is 0 Å². The Hall–Kier alpha value is -2.40. The number of benzene rings is 2. The van der Waals surface area contributed by atoms with Crippen molar-refractivity contribution < 1.29 is 9.53 Å². The predicted octanol–water partition coefficient (Wildman–Crippen LogP) is 4.32. The van der Waals surface area contributed by atoms with Crippen LogP contribution in [-0.4, -0.2) is 17.0 Å². The Morgan fingerprint density at radius 1 is 1.13 bits per heavy atom. The van der Waals surface area contributed by atoms with E-state index >= 15 is 0 Å². The lowest BCUT2D eigenvalue weighted by Crippen LogP contribution is -2.30. The van der Waals surface area contributed by atoms with Crippen LogP contribution in [0.5, 0.6) is 5.75 Å². The Morgan fingerprint density at radius 2 is 1.87 bits per heavy atom. The van der Waals surface area contributed by atoms with Crippen LogP contribution in [0.4, 0.5) is 5.13 Å². The van der Waals surface area contributed by atoms with Crippen LogP contribution >= 0.6 is 11.3 Å². The van der Waals surface area contributed by atoms with E-state index < -0.39 is 6.10 Å². The zero-order valence-corrected chi connectivity index (χ0v) is 14.1. The number of aromatic nitrogens is 1. The fourth-order valence-corrected chi connectivity index (χ4v) is 3.23. The summed E-state index contributed by atoms with van der Waals surface area (Å²) in [4.78, 5) is 16.8. The molecule has 5 heteroatoms. The van der Waals surface area contributed by atoms with E-state index in [4.69, 9.17) is 4.74 Å². The van der Waals surface area contributed by atoms with E-state index in [2.05, 4.69) is 10.3 Å². The summed E-state index contributed by atoms with van der Waals surface area (Å²) in [6.07, 6.45) is -0.593. The summed E-state index contributed by atoms with van der Waals surface area (Å²) in [6.45, 7) is 5.70. The zero-order valence-electron chi connectivity index (χ0n) is 13.3. The first kappa shape index (κ1) is 15.5. The molecule has 1 aromatic heterocycles. The van der Waals surface area contributed by atoms with Crippen molar-refractivity contribution in [3.05, 3.63) is 53.6 Å². The van der Waals surface area contributed by atoms with Crippen LogP contribution < -0.4 is 10.1 Å². The second kappa shape index (κ2) is 6.38. The number of thiazole rings is 1. The van der Waals surface area contributed by atoms with Crippen LogP contribution in [-0.2, 0) is 4.79 Å². The van der Waals surface area contributed by atoms with E-state index in [9.17, 15) is 4.79 Å². The number of aryl methyl sites for hydroxylation is 2. The fraction of sp³-hybridized carbons (Fsp3) is 0.222. The number of nitrogens with zero attached hydrogens (tertiary/aromatic N) is 1. The molecule has 3 rings (SSSR count). The molecule has 0 aliphatic carbocycles. The number of carbonyl (C=O) groups excluding carboxylic acids is 1. The second-order valence-electron chi connectivity index (χ2n) is 5.46. The summed E-state index contributed by atoms with van der Waals surface area (Å²) in [6, 6.07) is 13.7. The molecule has 1 amide bonds. The van der Waals surface area contributed by atoms with Gasteiger partial charge in [-0.3, -0.25) is 10.1 Å². The summed E-state index contributed by atoms with van der Waals surface area (Å²) in [5.41, 5.74) is 3.03. The largest absolute Gasteiger partial charge is 0.481 e. The van der Waals surface area contributed by atoms with Crippen molar-refractivity contribution in [2.45, 2.75) is 26.9 Å². The number of para-hydroxylation sites is 2. The third-order valence-electron chi connectivity index (χ3n) is 3.62. The number of hydrogen-bond donors (Lipinski definition) is 1. The molecule has 0 saturated heterocycles. The van der Waals surface area contributed by atoms with Gasteiger partial charge < -0.3 is 4.74 Å². The minimum atomic E-state index is -0.593. The van der Waals surface area contributed by atoms with E-state index in [0.717, 1.165) is 27.1 Å². The van der Waals surface area contributed by atoms with Gasteiger partial charge in [-0.2, -0.15) is 0 Å². The van der Waals surface area contributed by atoms with Crippen LogP contribution in [0.25, 0.3) is 10.2 Å². The van der Waals surface area contributed by atoms with Gasteiger partial charge in [-0.1, -0.05) is 41.7 Å². The summed E-state index contributed by atoms with van der Waals surface area (Å²) in [5.74, 6) is 0.514. The van der Waals surface area contributed by atoms with Gasteiger partial charge in [0.05, 0.1) is 10.2 Å². The third kappa shape index (κ3) is 3.35. The average Bonchev–Trinajstić information content (AvgIpc) is 2.93. The number of carbonyl (C=O) groups is 1. The highest BCUT2D eigenvalue weighted by Gasteiger charge is 2.17. The van der Waals surface area contributed by atoms with Gasteiger partial charge in [-0.05, 0) is 44.0 Å². The molecule has 0 saturated carbocycles. The molecule has 0 radical (unpaired) electrons. The first-order valence-corrected chi connectivity index (χ1v) is 8.25. The fourth-order valence-electron chi connectivity index (χ4n) is 2.28. The van der Waals surface area contributed by atoms with Gasteiger partial charge in [-0.25, -0.2) is 4.98 Å². The highest BCUT2D eigenvalue weighted by molar-refractivity contribution is 7.22. The molecule has 1 N–H and O–H groups in total. The maximum Gasteiger partial charge on any atom is 0.266 e. The number of hydrogen-bond acceptors (Lipinski definition) is 4. The molecule has 1 unspecified atom stereocenters. The second-order valence-corrected chi connectivity index (χ2v) is 6.49. The number of nitrogens with one attached hydrogen (secondary N) is 1. The van der Waals surface area contributed by atoms with E-state index in [0.29, 0.717) is 5.13 Å². The van der Waals surface area contributed by atoms with Crippen molar-refractivity contribution in [1.29, 1.82) is 0 Å². The van der Waals surface area contributed by atoms with Crippen molar-refractivity contribution in [3.8, 4) is 5.75 Å². The van der Waals surface area contributed by atoms with Crippen molar-refractivity contribution in [2.24, 2.45) is 0 Å². The maximum atomic E-state index is 12.3. The van der Waals surface area contributed by atoms with Gasteiger partial charge in [-0.15, -0.1) is 0 Å². The Labute approximate surface area is 139 Å². The lowest BCUT2D eigenvalue weighted by molar-refractivity contribution is -0.122. The van der Waals surface area contributed by atoms with Gasteiger partial charge in [0.1, 0.15) is 5.75 Å². The van der Waals surface area contributed by atoms with Crippen molar-refractivity contribution >= 4 is 32.6 Å². The molecule has 4 nitrogen and oxygen atoms in total. The van der Waals surface area contributed by atoms with E-state index in [1.165, 1.54) is 11.3 Å². The first-order valence-electron chi connectivity index (χ1n) is 7.44. The molecule has 1 heterocycles. The molecule has 2 aromatic carbocycles. The highest BCUT2D eigenvalue weighted by atomic mass is 32.1.